The van der Waals surface area contributed by atoms with E-state index in [0.717, 1.165) is 0 Å². The molecule has 3 N–H and O–H groups in total. The van der Waals surface area contributed by atoms with Crippen LogP contribution in [0.5, 0.6) is 5.75 Å². The Bertz CT molecular complexity index is 423. The maximum absolute atomic E-state index is 13.8. The van der Waals surface area contributed by atoms with Crippen LogP contribution in [0, 0.1) is 17.7 Å². The molecular weight excluding hydrogens is 219 g/mol. The van der Waals surface area contributed by atoms with Crippen LogP contribution in [-0.4, -0.2) is 7.11 Å². The lowest BCUT2D eigenvalue weighted by Gasteiger charge is -2.18. The third kappa shape index (κ3) is 3.45. The van der Waals surface area contributed by atoms with Gasteiger partial charge in [-0.1, -0.05) is 6.07 Å². The van der Waals surface area contributed by atoms with Crippen LogP contribution >= 0.6 is 0 Å². The molecule has 92 valence electrons. The summed E-state index contributed by atoms with van der Waals surface area (Å²) in [5.41, 5.74) is 3.06. The van der Waals surface area contributed by atoms with Crippen LogP contribution in [0.1, 0.15) is 31.4 Å². The van der Waals surface area contributed by atoms with Crippen LogP contribution in [0.25, 0.3) is 0 Å². The van der Waals surface area contributed by atoms with E-state index in [1.807, 2.05) is 0 Å². The van der Waals surface area contributed by atoms with Crippen molar-refractivity contribution >= 4 is 0 Å². The topological polar surface area (TPSA) is 47.3 Å². The molecule has 0 fully saturated rings. The van der Waals surface area contributed by atoms with Crippen LogP contribution in [-0.2, 0) is 0 Å². The molecule has 1 aromatic rings. The van der Waals surface area contributed by atoms with Gasteiger partial charge < -0.3 is 4.74 Å². The van der Waals surface area contributed by atoms with Gasteiger partial charge >= 0.3 is 0 Å². The molecule has 3 nitrogen and oxygen atoms in total. The van der Waals surface area contributed by atoms with Crippen molar-refractivity contribution in [1.82, 2.24) is 5.43 Å². The number of rotatable bonds is 5. The molecule has 0 aliphatic carbocycles. The molecule has 1 rings (SSSR count). The number of hydrogen-bond acceptors (Lipinski definition) is 3. The average Bonchev–Trinajstić information content (AvgIpc) is 2.35. The minimum atomic E-state index is -0.322. The Balaban J connectivity index is 2.96. The molecule has 0 spiro atoms. The summed E-state index contributed by atoms with van der Waals surface area (Å²) >= 11 is 0. The quantitative estimate of drug-likeness (QED) is 0.468. The first-order chi connectivity index (χ1) is 8.24. The Morgan fingerprint density at radius 3 is 2.88 bits per heavy atom. The number of halogens is 1. The normalized spacial score (nSPS) is 11.5. The lowest BCUT2D eigenvalue weighted by molar-refractivity contribution is 0.387. The monoisotopic (exact) mass is 236 g/mol. The van der Waals surface area contributed by atoms with E-state index in [-0.39, 0.29) is 11.9 Å². The molecule has 4 heteroatoms. The average molecular weight is 236 g/mol. The van der Waals surface area contributed by atoms with Gasteiger partial charge in [0.05, 0.1) is 13.2 Å². The van der Waals surface area contributed by atoms with Gasteiger partial charge in [0.25, 0.3) is 0 Å². The predicted octanol–water partition coefficient (Wildman–Crippen LogP) is 2.14. The highest BCUT2D eigenvalue weighted by Gasteiger charge is 2.18. The maximum atomic E-state index is 13.8. The molecule has 0 radical (unpaired) electrons. The molecule has 0 aliphatic rings. The SMILES string of the molecule is CC#CCCC(NN)c1c(F)cccc1OC. The second-order valence-corrected chi connectivity index (χ2v) is 3.54. The predicted molar refractivity (Wildman–Crippen MR) is 65.7 cm³/mol. The van der Waals surface area contributed by atoms with Gasteiger partial charge in [-0.25, -0.2) is 4.39 Å². The Morgan fingerprint density at radius 2 is 2.29 bits per heavy atom. The summed E-state index contributed by atoms with van der Waals surface area (Å²) in [6, 6.07) is 4.42. The number of benzene rings is 1. The lowest BCUT2D eigenvalue weighted by Crippen LogP contribution is -2.29. The van der Waals surface area contributed by atoms with E-state index in [1.165, 1.54) is 13.2 Å². The summed E-state index contributed by atoms with van der Waals surface area (Å²) in [6.07, 6.45) is 1.29. The van der Waals surface area contributed by atoms with Crippen molar-refractivity contribution in [3.8, 4) is 17.6 Å². The number of nitrogens with one attached hydrogen (secondary N) is 1. The largest absolute Gasteiger partial charge is 0.496 e. The van der Waals surface area contributed by atoms with E-state index in [2.05, 4.69) is 17.3 Å². The molecule has 1 atom stereocenters. The van der Waals surface area contributed by atoms with Crippen LogP contribution in [0.3, 0.4) is 0 Å². The molecule has 0 aliphatic heterocycles. The van der Waals surface area contributed by atoms with Crippen molar-refractivity contribution < 1.29 is 9.13 Å². The van der Waals surface area contributed by atoms with Gasteiger partial charge in [-0.15, -0.1) is 11.8 Å². The van der Waals surface area contributed by atoms with Crippen molar-refractivity contribution in [1.29, 1.82) is 0 Å². The van der Waals surface area contributed by atoms with Gasteiger partial charge in [0.1, 0.15) is 11.6 Å². The Kier molecular flexibility index (Phi) is 5.47. The number of hydrogen-bond donors (Lipinski definition) is 2. The van der Waals surface area contributed by atoms with E-state index in [9.17, 15) is 4.39 Å². The third-order valence-corrected chi connectivity index (χ3v) is 2.52. The number of ether oxygens (including phenoxy) is 1. The van der Waals surface area contributed by atoms with E-state index in [1.54, 1.807) is 19.1 Å². The van der Waals surface area contributed by atoms with Gasteiger partial charge in [0.2, 0.25) is 0 Å². The van der Waals surface area contributed by atoms with Crippen molar-refractivity contribution in [2.45, 2.75) is 25.8 Å². The third-order valence-electron chi connectivity index (χ3n) is 2.52. The van der Waals surface area contributed by atoms with Crippen molar-refractivity contribution in [2.75, 3.05) is 7.11 Å². The molecule has 17 heavy (non-hydrogen) atoms. The summed E-state index contributed by atoms with van der Waals surface area (Å²) in [5.74, 6) is 11.4. The Hall–Kier alpha value is -1.57. The van der Waals surface area contributed by atoms with Crippen LogP contribution in [0.2, 0.25) is 0 Å². The highest BCUT2D eigenvalue weighted by Crippen LogP contribution is 2.29. The van der Waals surface area contributed by atoms with Crippen LogP contribution < -0.4 is 16.0 Å². The highest BCUT2D eigenvalue weighted by atomic mass is 19.1. The number of nitrogens with two attached hydrogens (primary N) is 1. The van der Waals surface area contributed by atoms with Gasteiger partial charge in [-0.05, 0) is 25.5 Å². The first-order valence-electron chi connectivity index (χ1n) is 5.42. The van der Waals surface area contributed by atoms with E-state index < -0.39 is 0 Å². The summed E-state index contributed by atoms with van der Waals surface area (Å²) in [4.78, 5) is 0. The standard InChI is InChI=1S/C13H17FN2O/c1-3-4-5-8-11(16-15)13-10(14)7-6-9-12(13)17-2/h6-7,9,11,16H,5,8,15H2,1-2H3. The van der Waals surface area contributed by atoms with Gasteiger partial charge in [-0.3, -0.25) is 11.3 Å². The van der Waals surface area contributed by atoms with E-state index in [4.69, 9.17) is 10.6 Å². The first kappa shape index (κ1) is 13.5. The van der Waals surface area contributed by atoms with Crippen molar-refractivity contribution in [3.05, 3.63) is 29.6 Å². The Labute approximate surface area is 101 Å². The van der Waals surface area contributed by atoms with Crippen molar-refractivity contribution in [2.24, 2.45) is 5.84 Å². The molecule has 1 unspecified atom stereocenters. The maximum Gasteiger partial charge on any atom is 0.131 e. The van der Waals surface area contributed by atoms with E-state index >= 15 is 0 Å². The van der Waals surface area contributed by atoms with Crippen molar-refractivity contribution in [3.63, 3.8) is 0 Å². The van der Waals surface area contributed by atoms with Crippen LogP contribution in [0.15, 0.2) is 18.2 Å². The van der Waals surface area contributed by atoms with E-state index in [0.29, 0.717) is 24.2 Å². The number of methoxy groups -OCH3 is 1. The molecule has 0 aromatic heterocycles. The van der Waals surface area contributed by atoms with Gasteiger partial charge in [0.15, 0.2) is 0 Å². The first-order valence-corrected chi connectivity index (χ1v) is 5.42. The molecule has 0 amide bonds. The Morgan fingerprint density at radius 1 is 1.53 bits per heavy atom. The fourth-order valence-electron chi connectivity index (χ4n) is 1.69. The fourth-order valence-corrected chi connectivity index (χ4v) is 1.69. The minimum absolute atomic E-state index is 0.299. The fraction of sp³-hybridized carbons (Fsp3) is 0.385. The second kappa shape index (κ2) is 6.89. The zero-order valence-electron chi connectivity index (χ0n) is 10.1. The van der Waals surface area contributed by atoms with Gasteiger partial charge in [0, 0.05) is 12.0 Å². The summed E-state index contributed by atoms with van der Waals surface area (Å²) in [5, 5.41) is 0. The van der Waals surface area contributed by atoms with Crippen LogP contribution in [0.4, 0.5) is 4.39 Å². The summed E-state index contributed by atoms with van der Waals surface area (Å²) in [6.45, 7) is 1.77. The summed E-state index contributed by atoms with van der Waals surface area (Å²) < 4.78 is 18.9. The molecule has 0 saturated carbocycles. The molecule has 0 saturated heterocycles. The highest BCUT2D eigenvalue weighted by molar-refractivity contribution is 5.37. The minimum Gasteiger partial charge on any atom is -0.496 e. The molecule has 0 heterocycles. The molecule has 0 bridgehead atoms. The summed E-state index contributed by atoms with van der Waals surface area (Å²) in [7, 11) is 1.51. The molecule has 1 aromatic carbocycles. The number of hydrazine groups is 1. The second-order valence-electron chi connectivity index (χ2n) is 3.54. The zero-order valence-corrected chi connectivity index (χ0v) is 10.1. The smallest absolute Gasteiger partial charge is 0.131 e. The molecular formula is C13H17FN2O. The lowest BCUT2D eigenvalue weighted by atomic mass is 10.0. The zero-order chi connectivity index (χ0) is 12.7. The van der Waals surface area contributed by atoms with Gasteiger partial charge in [-0.2, -0.15) is 0 Å².